The van der Waals surface area contributed by atoms with E-state index in [1.165, 1.54) is 0 Å². The Morgan fingerprint density at radius 3 is 2.19 bits per heavy atom. The highest BCUT2D eigenvalue weighted by Gasteiger charge is 2.19. The van der Waals surface area contributed by atoms with Gasteiger partial charge in [-0.3, -0.25) is 0 Å². The Morgan fingerprint density at radius 1 is 0.952 bits per heavy atom. The Hall–Kier alpha value is -1.52. The van der Waals surface area contributed by atoms with Crippen molar-refractivity contribution < 1.29 is 14.6 Å². The van der Waals surface area contributed by atoms with Gasteiger partial charge in [-0.05, 0) is 48.2 Å². The smallest absolute Gasteiger partial charge is 0.161 e. The van der Waals surface area contributed by atoms with Crippen LogP contribution in [-0.2, 0) is 0 Å². The maximum absolute atomic E-state index is 10.7. The molecule has 0 saturated heterocycles. The monoisotopic (exact) mass is 350 g/mol. The number of hydrogen-bond acceptors (Lipinski definition) is 3. The van der Waals surface area contributed by atoms with Crippen LogP contribution in [0.2, 0.25) is 0 Å². The van der Waals surface area contributed by atoms with E-state index in [1.54, 1.807) is 14.2 Å². The molecule has 21 heavy (non-hydrogen) atoms. The summed E-state index contributed by atoms with van der Waals surface area (Å²) in [6.45, 7) is 3.95. The van der Waals surface area contributed by atoms with Crippen molar-refractivity contribution in [2.45, 2.75) is 20.0 Å². The van der Waals surface area contributed by atoms with Gasteiger partial charge in [0.05, 0.1) is 14.2 Å². The minimum absolute atomic E-state index is 0.612. The highest BCUT2D eigenvalue weighted by atomic mass is 79.9. The minimum atomic E-state index is -0.723. The largest absolute Gasteiger partial charge is 0.493 e. The van der Waals surface area contributed by atoms with Gasteiger partial charge in [-0.2, -0.15) is 0 Å². The summed E-state index contributed by atoms with van der Waals surface area (Å²) >= 11 is 3.55. The molecule has 3 nitrogen and oxygen atoms in total. The number of rotatable bonds is 4. The quantitative estimate of drug-likeness (QED) is 0.899. The van der Waals surface area contributed by atoms with Gasteiger partial charge >= 0.3 is 0 Å². The lowest BCUT2D eigenvalue weighted by Crippen LogP contribution is -2.05. The van der Waals surface area contributed by atoms with Crippen molar-refractivity contribution >= 4 is 15.9 Å². The molecule has 0 heterocycles. The van der Waals surface area contributed by atoms with Gasteiger partial charge in [0.1, 0.15) is 6.10 Å². The second kappa shape index (κ2) is 6.50. The van der Waals surface area contributed by atoms with Crippen LogP contribution in [0.5, 0.6) is 11.5 Å². The molecule has 1 atom stereocenters. The lowest BCUT2D eigenvalue weighted by Gasteiger charge is -2.19. The Balaban J connectivity index is 2.53. The fourth-order valence-corrected chi connectivity index (χ4v) is 2.82. The molecule has 2 aromatic carbocycles. The number of aliphatic hydroxyl groups is 1. The van der Waals surface area contributed by atoms with Crippen LogP contribution in [-0.4, -0.2) is 19.3 Å². The molecular weight excluding hydrogens is 332 g/mol. The van der Waals surface area contributed by atoms with E-state index >= 15 is 0 Å². The van der Waals surface area contributed by atoms with Crippen LogP contribution in [0.1, 0.15) is 28.4 Å². The van der Waals surface area contributed by atoms with Gasteiger partial charge in [-0.15, -0.1) is 0 Å². The van der Waals surface area contributed by atoms with E-state index in [0.717, 1.165) is 26.7 Å². The molecule has 4 heteroatoms. The molecule has 2 aromatic rings. The van der Waals surface area contributed by atoms with Crippen LogP contribution in [0, 0.1) is 13.8 Å². The first-order valence-electron chi connectivity index (χ1n) is 6.65. The summed E-state index contributed by atoms with van der Waals surface area (Å²) in [6, 6.07) is 9.56. The number of halogens is 1. The third-order valence-corrected chi connectivity index (χ3v) is 4.67. The summed E-state index contributed by atoms with van der Waals surface area (Å²) in [4.78, 5) is 0. The molecule has 0 bridgehead atoms. The van der Waals surface area contributed by atoms with Crippen LogP contribution in [0.25, 0.3) is 0 Å². The number of aryl methyl sites for hydroxylation is 2. The predicted molar refractivity (Wildman–Crippen MR) is 87.2 cm³/mol. The molecule has 0 aliphatic carbocycles. The first-order valence-corrected chi connectivity index (χ1v) is 7.44. The van der Waals surface area contributed by atoms with Gasteiger partial charge < -0.3 is 14.6 Å². The SMILES string of the molecule is COc1cc(C)c(C(O)c2cccc(C)c2Br)cc1OC. The van der Waals surface area contributed by atoms with Crippen molar-refractivity contribution in [2.24, 2.45) is 0 Å². The van der Waals surface area contributed by atoms with Gasteiger partial charge in [-0.1, -0.05) is 34.1 Å². The highest BCUT2D eigenvalue weighted by molar-refractivity contribution is 9.10. The van der Waals surface area contributed by atoms with Crippen molar-refractivity contribution in [1.82, 2.24) is 0 Å². The maximum atomic E-state index is 10.7. The average molecular weight is 351 g/mol. The minimum Gasteiger partial charge on any atom is -0.493 e. The molecule has 0 fully saturated rings. The summed E-state index contributed by atoms with van der Waals surface area (Å²) in [6.07, 6.45) is -0.723. The molecule has 1 unspecified atom stereocenters. The Bertz CT molecular complexity index is 653. The van der Waals surface area contributed by atoms with Crippen molar-refractivity contribution in [3.05, 3.63) is 57.1 Å². The van der Waals surface area contributed by atoms with Crippen molar-refractivity contribution in [2.75, 3.05) is 14.2 Å². The molecule has 0 saturated carbocycles. The van der Waals surface area contributed by atoms with Crippen LogP contribution in [0.4, 0.5) is 0 Å². The summed E-state index contributed by atoms with van der Waals surface area (Å²) in [7, 11) is 3.19. The number of hydrogen-bond donors (Lipinski definition) is 1. The lowest BCUT2D eigenvalue weighted by atomic mass is 9.96. The van der Waals surface area contributed by atoms with Gasteiger partial charge in [0.25, 0.3) is 0 Å². The molecule has 0 spiro atoms. The van der Waals surface area contributed by atoms with Crippen LogP contribution in [0.3, 0.4) is 0 Å². The van der Waals surface area contributed by atoms with E-state index in [1.807, 2.05) is 44.2 Å². The summed E-state index contributed by atoms with van der Waals surface area (Å²) in [5.74, 6) is 1.27. The Labute approximate surface area is 133 Å². The van der Waals surface area contributed by atoms with E-state index < -0.39 is 6.10 Å². The second-order valence-corrected chi connectivity index (χ2v) is 5.74. The van der Waals surface area contributed by atoms with Crippen molar-refractivity contribution in [3.8, 4) is 11.5 Å². The first kappa shape index (κ1) is 15.9. The van der Waals surface area contributed by atoms with E-state index in [0.29, 0.717) is 11.5 Å². The lowest BCUT2D eigenvalue weighted by molar-refractivity contribution is 0.218. The first-order chi connectivity index (χ1) is 9.99. The number of ether oxygens (including phenoxy) is 2. The molecule has 0 aliphatic rings. The van der Waals surface area contributed by atoms with Crippen LogP contribution < -0.4 is 9.47 Å². The number of methoxy groups -OCH3 is 2. The normalized spacial score (nSPS) is 12.1. The second-order valence-electron chi connectivity index (χ2n) is 4.94. The Kier molecular flexibility index (Phi) is 4.91. The fourth-order valence-electron chi connectivity index (χ4n) is 2.34. The molecule has 0 aromatic heterocycles. The van der Waals surface area contributed by atoms with Crippen LogP contribution in [0.15, 0.2) is 34.8 Å². The summed E-state index contributed by atoms with van der Waals surface area (Å²) < 4.78 is 11.5. The standard InChI is InChI=1S/C17H19BrO3/c1-10-6-5-7-12(16(10)18)17(19)13-9-15(21-4)14(20-3)8-11(13)2/h5-9,17,19H,1-4H3. The zero-order valence-corrected chi connectivity index (χ0v) is 14.2. The maximum Gasteiger partial charge on any atom is 0.161 e. The molecule has 2 rings (SSSR count). The van der Waals surface area contributed by atoms with Crippen molar-refractivity contribution in [1.29, 1.82) is 0 Å². The van der Waals surface area contributed by atoms with Crippen molar-refractivity contribution in [3.63, 3.8) is 0 Å². The zero-order chi connectivity index (χ0) is 15.6. The fraction of sp³-hybridized carbons (Fsp3) is 0.294. The zero-order valence-electron chi connectivity index (χ0n) is 12.6. The highest BCUT2D eigenvalue weighted by Crippen LogP contribution is 2.37. The number of benzene rings is 2. The molecule has 0 aliphatic heterocycles. The van der Waals surface area contributed by atoms with E-state index in [9.17, 15) is 5.11 Å². The Morgan fingerprint density at radius 2 is 1.57 bits per heavy atom. The van der Waals surface area contributed by atoms with Gasteiger partial charge in [0, 0.05) is 4.47 Å². The molecule has 0 radical (unpaired) electrons. The van der Waals surface area contributed by atoms with Gasteiger partial charge in [0.15, 0.2) is 11.5 Å². The average Bonchev–Trinajstić information content (AvgIpc) is 2.49. The predicted octanol–water partition coefficient (Wildman–Crippen LogP) is 4.16. The van der Waals surface area contributed by atoms with E-state index in [2.05, 4.69) is 15.9 Å². The topological polar surface area (TPSA) is 38.7 Å². The van der Waals surface area contributed by atoms with Gasteiger partial charge in [-0.25, -0.2) is 0 Å². The number of aliphatic hydroxyl groups excluding tert-OH is 1. The van der Waals surface area contributed by atoms with Gasteiger partial charge in [0.2, 0.25) is 0 Å². The molecule has 1 N–H and O–H groups in total. The molecule has 112 valence electrons. The summed E-state index contributed by atoms with van der Waals surface area (Å²) in [5.41, 5.74) is 3.68. The molecule has 0 amide bonds. The molecular formula is C17H19BrO3. The van der Waals surface area contributed by atoms with E-state index in [-0.39, 0.29) is 0 Å². The third-order valence-electron chi connectivity index (χ3n) is 3.58. The summed E-state index contributed by atoms with van der Waals surface area (Å²) in [5, 5.41) is 10.7. The third kappa shape index (κ3) is 3.06. The van der Waals surface area contributed by atoms with Crippen LogP contribution >= 0.6 is 15.9 Å². The van der Waals surface area contributed by atoms with E-state index in [4.69, 9.17) is 9.47 Å².